The Bertz CT molecular complexity index is 1050. The Kier molecular flexibility index (Phi) is 6.88. The molecule has 150 valence electrons. The molecule has 0 saturated carbocycles. The highest BCUT2D eigenvalue weighted by molar-refractivity contribution is 9.10. The molecule has 3 rings (SSSR count). The number of hydrogen-bond acceptors (Lipinski definition) is 4. The first kappa shape index (κ1) is 20.9. The maximum Gasteiger partial charge on any atom is 0.244 e. The summed E-state index contributed by atoms with van der Waals surface area (Å²) in [7, 11) is 0. The second-order valence-electron chi connectivity index (χ2n) is 6.64. The zero-order valence-corrected chi connectivity index (χ0v) is 18.1. The number of aromatic hydroxyl groups is 1. The number of nitrogens with one attached hydrogen (secondary N) is 1. The number of carbonyl (C=O) groups excluding carboxylic acids is 1. The summed E-state index contributed by atoms with van der Waals surface area (Å²) in [6, 6.07) is 17.3. The van der Waals surface area contributed by atoms with Crippen LogP contribution in [-0.4, -0.2) is 30.3 Å². The number of carbonyl (C=O) groups is 1. The van der Waals surface area contributed by atoms with Crippen LogP contribution in [0.2, 0.25) is 0 Å². The lowest BCUT2D eigenvalue weighted by Gasteiger charge is -2.21. The highest BCUT2D eigenvalue weighted by atomic mass is 79.9. The summed E-state index contributed by atoms with van der Waals surface area (Å²) in [6.07, 6.45) is 1.68. The van der Waals surface area contributed by atoms with E-state index in [4.69, 9.17) is 0 Å². The average molecular weight is 454 g/mol. The van der Waals surface area contributed by atoms with Crippen LogP contribution in [0.25, 0.3) is 10.8 Å². The third-order valence-corrected chi connectivity index (χ3v) is 5.54. The van der Waals surface area contributed by atoms with Gasteiger partial charge in [-0.2, -0.15) is 5.10 Å². The molecule has 0 spiro atoms. The van der Waals surface area contributed by atoms with Crippen LogP contribution in [-0.2, 0) is 11.2 Å². The summed E-state index contributed by atoms with van der Waals surface area (Å²) in [5, 5.41) is 16.3. The molecule has 5 nitrogen and oxygen atoms in total. The van der Waals surface area contributed by atoms with E-state index in [1.165, 1.54) is 6.21 Å². The summed E-state index contributed by atoms with van der Waals surface area (Å²) in [5.74, 6) is -0.0840. The number of nitrogens with zero attached hydrogens (tertiary/aromatic N) is 2. The molecule has 0 bridgehead atoms. The van der Waals surface area contributed by atoms with Gasteiger partial charge in [0.05, 0.1) is 12.6 Å². The van der Waals surface area contributed by atoms with Gasteiger partial charge in [-0.3, -0.25) is 4.79 Å². The van der Waals surface area contributed by atoms with Crippen LogP contribution in [0.1, 0.15) is 25.0 Å². The van der Waals surface area contributed by atoms with Crippen molar-refractivity contribution in [1.82, 2.24) is 5.43 Å². The Balaban J connectivity index is 1.67. The van der Waals surface area contributed by atoms with Crippen LogP contribution >= 0.6 is 15.9 Å². The molecule has 0 unspecified atom stereocenters. The molecule has 2 N–H and O–H groups in total. The molecule has 3 aromatic rings. The molecular weight excluding hydrogens is 430 g/mol. The predicted octanol–water partition coefficient (Wildman–Crippen LogP) is 4.85. The monoisotopic (exact) mass is 453 g/mol. The normalized spacial score (nSPS) is 11.1. The van der Waals surface area contributed by atoms with Gasteiger partial charge in [0.1, 0.15) is 5.75 Å². The Hall–Kier alpha value is -2.86. The Morgan fingerprint density at radius 2 is 1.83 bits per heavy atom. The molecule has 0 atom stereocenters. The van der Waals surface area contributed by atoms with Crippen LogP contribution in [0.4, 0.5) is 5.69 Å². The lowest BCUT2D eigenvalue weighted by atomic mass is 10.0. The Morgan fingerprint density at radius 3 is 2.52 bits per heavy atom. The van der Waals surface area contributed by atoms with Crippen LogP contribution in [0.3, 0.4) is 0 Å². The number of amides is 1. The van der Waals surface area contributed by atoms with E-state index in [9.17, 15) is 9.90 Å². The first-order valence-corrected chi connectivity index (χ1v) is 10.4. The van der Waals surface area contributed by atoms with Crippen molar-refractivity contribution in [3.63, 3.8) is 0 Å². The lowest BCUT2D eigenvalue weighted by molar-refractivity contribution is -0.120. The van der Waals surface area contributed by atoms with Gasteiger partial charge in [0.2, 0.25) is 5.91 Å². The number of anilines is 1. The van der Waals surface area contributed by atoms with Crippen LogP contribution in [0, 0.1) is 0 Å². The molecule has 0 heterocycles. The molecule has 3 aromatic carbocycles. The van der Waals surface area contributed by atoms with Crippen LogP contribution in [0.5, 0.6) is 5.75 Å². The highest BCUT2D eigenvalue weighted by Crippen LogP contribution is 2.27. The van der Waals surface area contributed by atoms with Crippen molar-refractivity contribution >= 4 is 44.5 Å². The number of phenols is 1. The number of benzene rings is 3. The van der Waals surface area contributed by atoms with E-state index in [0.29, 0.717) is 5.56 Å². The van der Waals surface area contributed by atoms with Gasteiger partial charge in [-0.25, -0.2) is 5.43 Å². The molecule has 0 saturated heterocycles. The first-order valence-electron chi connectivity index (χ1n) is 9.59. The number of hydrazone groups is 1. The van der Waals surface area contributed by atoms with Crippen molar-refractivity contribution in [2.24, 2.45) is 5.10 Å². The fourth-order valence-electron chi connectivity index (χ4n) is 3.29. The summed E-state index contributed by atoms with van der Waals surface area (Å²) in [5.41, 5.74) is 4.98. The molecule has 0 aliphatic rings. The fourth-order valence-corrected chi connectivity index (χ4v) is 3.77. The predicted molar refractivity (Wildman–Crippen MR) is 123 cm³/mol. The van der Waals surface area contributed by atoms with E-state index < -0.39 is 0 Å². The van der Waals surface area contributed by atoms with Gasteiger partial charge in [0.15, 0.2) is 0 Å². The van der Waals surface area contributed by atoms with Crippen LogP contribution in [0.15, 0.2) is 64.2 Å². The first-order chi connectivity index (χ1) is 14.0. The van der Waals surface area contributed by atoms with Gasteiger partial charge in [-0.05, 0) is 48.4 Å². The lowest BCUT2D eigenvalue weighted by Crippen LogP contribution is -2.21. The van der Waals surface area contributed by atoms with Crippen molar-refractivity contribution in [3.8, 4) is 5.75 Å². The van der Waals surface area contributed by atoms with E-state index in [1.54, 1.807) is 12.1 Å². The number of hydrogen-bond donors (Lipinski definition) is 2. The van der Waals surface area contributed by atoms with Gasteiger partial charge in [0.25, 0.3) is 0 Å². The fraction of sp³-hybridized carbons (Fsp3) is 0.217. The SMILES string of the molecule is CCN(CC)c1ccc(/C=N\NC(=O)Cc2ccc(Br)c3ccccc23)c(O)c1. The van der Waals surface area contributed by atoms with E-state index >= 15 is 0 Å². The minimum absolute atomic E-state index is 0.131. The largest absolute Gasteiger partial charge is 0.507 e. The average Bonchev–Trinajstić information content (AvgIpc) is 2.73. The standard InChI is InChI=1S/C23H24BrN3O2/c1-3-27(4-2)18-11-9-17(22(28)14-18)15-25-26-23(29)13-16-10-12-21(24)20-8-6-5-7-19(16)20/h5-12,14-15,28H,3-4,13H2,1-2H3,(H,26,29)/b25-15-. The molecule has 0 aliphatic heterocycles. The maximum absolute atomic E-state index is 12.3. The number of rotatable bonds is 7. The van der Waals surface area contributed by atoms with Crippen molar-refractivity contribution < 1.29 is 9.90 Å². The summed E-state index contributed by atoms with van der Waals surface area (Å²) in [4.78, 5) is 14.5. The van der Waals surface area contributed by atoms with Crippen molar-refractivity contribution in [1.29, 1.82) is 0 Å². The third kappa shape index (κ3) is 4.95. The summed E-state index contributed by atoms with van der Waals surface area (Å²) < 4.78 is 0.999. The second kappa shape index (κ2) is 9.56. The van der Waals surface area contributed by atoms with Gasteiger partial charge >= 0.3 is 0 Å². The molecule has 0 radical (unpaired) electrons. The van der Waals surface area contributed by atoms with Crippen molar-refractivity contribution in [2.45, 2.75) is 20.3 Å². The smallest absolute Gasteiger partial charge is 0.244 e. The molecular formula is C23H24BrN3O2. The molecule has 0 aliphatic carbocycles. The molecule has 1 amide bonds. The topological polar surface area (TPSA) is 64.9 Å². The Labute approximate surface area is 179 Å². The molecule has 0 fully saturated rings. The second-order valence-corrected chi connectivity index (χ2v) is 7.49. The summed E-state index contributed by atoms with van der Waals surface area (Å²) in [6.45, 7) is 5.87. The minimum Gasteiger partial charge on any atom is -0.507 e. The highest BCUT2D eigenvalue weighted by Gasteiger charge is 2.09. The minimum atomic E-state index is -0.215. The van der Waals surface area contributed by atoms with Gasteiger partial charge in [-0.15, -0.1) is 0 Å². The molecule has 6 heteroatoms. The van der Waals surface area contributed by atoms with Crippen LogP contribution < -0.4 is 10.3 Å². The summed E-state index contributed by atoms with van der Waals surface area (Å²) >= 11 is 3.54. The van der Waals surface area contributed by atoms with E-state index in [1.807, 2.05) is 42.5 Å². The molecule has 29 heavy (non-hydrogen) atoms. The molecule has 0 aromatic heterocycles. The Morgan fingerprint density at radius 1 is 1.10 bits per heavy atom. The van der Waals surface area contributed by atoms with Gasteiger partial charge in [0, 0.05) is 34.9 Å². The zero-order valence-electron chi connectivity index (χ0n) is 16.5. The van der Waals surface area contributed by atoms with Gasteiger partial charge < -0.3 is 10.0 Å². The number of phenolic OH excluding ortho intramolecular Hbond substituents is 1. The van der Waals surface area contributed by atoms with E-state index in [-0.39, 0.29) is 18.1 Å². The van der Waals surface area contributed by atoms with E-state index in [2.05, 4.69) is 45.2 Å². The third-order valence-electron chi connectivity index (χ3n) is 4.85. The van der Waals surface area contributed by atoms with Crippen molar-refractivity contribution in [3.05, 3.63) is 70.2 Å². The van der Waals surface area contributed by atoms with E-state index in [0.717, 1.165) is 39.6 Å². The van der Waals surface area contributed by atoms with Gasteiger partial charge in [-0.1, -0.05) is 46.3 Å². The number of fused-ring (bicyclic) bond motifs is 1. The number of halogens is 1. The quantitative estimate of drug-likeness (QED) is 0.397. The zero-order chi connectivity index (χ0) is 20.8. The maximum atomic E-state index is 12.3. The van der Waals surface area contributed by atoms with Crippen molar-refractivity contribution in [2.75, 3.05) is 18.0 Å².